The van der Waals surface area contributed by atoms with Crippen LogP contribution in [0.15, 0.2) is 29.2 Å². The first-order valence-electron chi connectivity index (χ1n) is 10.2. The number of hydrogen-bond acceptors (Lipinski definition) is 6. The van der Waals surface area contributed by atoms with E-state index in [2.05, 4.69) is 18.8 Å². The van der Waals surface area contributed by atoms with Crippen LogP contribution >= 0.6 is 0 Å². The second-order valence-corrected chi connectivity index (χ2v) is 8.21. The lowest BCUT2D eigenvalue weighted by Gasteiger charge is -2.43. The van der Waals surface area contributed by atoms with Gasteiger partial charge in [-0.3, -0.25) is 4.79 Å². The standard InChI is InChI=1S/C23H28FNO6/c1-14(2)23(3)12-15-9-21(30-8-6-7-28-4)20(29-5)10-16(15)18-11-19(26)17(13-25(18)23)22(27)31-24/h9-11,13-14H,6-8,12H2,1-5H3. The Bertz CT molecular complexity index is 1030. The van der Waals surface area contributed by atoms with E-state index in [1.807, 2.05) is 23.6 Å². The van der Waals surface area contributed by atoms with Crippen LogP contribution in [-0.4, -0.2) is 38.0 Å². The van der Waals surface area contributed by atoms with Crippen molar-refractivity contribution in [3.63, 3.8) is 0 Å². The van der Waals surface area contributed by atoms with Crippen LogP contribution < -0.4 is 14.9 Å². The van der Waals surface area contributed by atoms with Crippen molar-refractivity contribution >= 4 is 5.97 Å². The molecule has 1 aliphatic rings. The van der Waals surface area contributed by atoms with Crippen molar-refractivity contribution in [1.29, 1.82) is 0 Å². The largest absolute Gasteiger partial charge is 0.493 e. The summed E-state index contributed by atoms with van der Waals surface area (Å²) in [6.07, 6.45) is 2.76. The van der Waals surface area contributed by atoms with Crippen LogP contribution in [-0.2, 0) is 21.6 Å². The molecule has 0 saturated carbocycles. The van der Waals surface area contributed by atoms with Gasteiger partial charge in [-0.1, -0.05) is 13.8 Å². The molecular formula is C23H28FNO6. The summed E-state index contributed by atoms with van der Waals surface area (Å²) in [5.41, 5.74) is 1.01. The summed E-state index contributed by atoms with van der Waals surface area (Å²) in [5, 5.41) is 0. The Morgan fingerprint density at radius 2 is 1.94 bits per heavy atom. The number of carbonyl (C=O) groups is 1. The van der Waals surface area contributed by atoms with Crippen molar-refractivity contribution in [2.45, 2.75) is 39.2 Å². The smallest absolute Gasteiger partial charge is 0.384 e. The Kier molecular flexibility index (Phi) is 6.69. The molecule has 31 heavy (non-hydrogen) atoms. The molecule has 8 heteroatoms. The topological polar surface area (TPSA) is 76.0 Å². The van der Waals surface area contributed by atoms with E-state index < -0.39 is 16.9 Å². The van der Waals surface area contributed by atoms with Gasteiger partial charge in [-0.05, 0) is 37.0 Å². The lowest BCUT2D eigenvalue weighted by atomic mass is 9.77. The Hall–Kier alpha value is -2.87. The maximum Gasteiger partial charge on any atom is 0.384 e. The Balaban J connectivity index is 2.17. The number of hydrogen-bond donors (Lipinski definition) is 0. The van der Waals surface area contributed by atoms with Crippen LogP contribution in [0, 0.1) is 5.92 Å². The van der Waals surface area contributed by atoms with E-state index >= 15 is 0 Å². The highest BCUT2D eigenvalue weighted by Crippen LogP contribution is 2.45. The third kappa shape index (κ3) is 4.17. The molecular weight excluding hydrogens is 405 g/mol. The van der Waals surface area contributed by atoms with Gasteiger partial charge in [0.1, 0.15) is 5.56 Å². The van der Waals surface area contributed by atoms with E-state index in [0.717, 1.165) is 17.5 Å². The molecule has 1 aliphatic heterocycles. The quantitative estimate of drug-likeness (QED) is 0.588. The molecule has 0 amide bonds. The molecule has 1 unspecified atom stereocenters. The molecule has 1 atom stereocenters. The zero-order valence-electron chi connectivity index (χ0n) is 18.5. The van der Waals surface area contributed by atoms with E-state index in [9.17, 15) is 14.1 Å². The van der Waals surface area contributed by atoms with Crippen molar-refractivity contribution in [3.8, 4) is 22.8 Å². The summed E-state index contributed by atoms with van der Waals surface area (Å²) in [4.78, 5) is 27.7. The van der Waals surface area contributed by atoms with Gasteiger partial charge in [-0.25, -0.2) is 9.74 Å². The molecule has 0 aliphatic carbocycles. The fraction of sp³-hybridized carbons (Fsp3) is 0.478. The van der Waals surface area contributed by atoms with Crippen molar-refractivity contribution in [2.75, 3.05) is 27.4 Å². The van der Waals surface area contributed by atoms with Gasteiger partial charge < -0.3 is 18.8 Å². The number of rotatable bonds is 8. The van der Waals surface area contributed by atoms with Gasteiger partial charge in [-0.15, -0.1) is 0 Å². The zero-order chi connectivity index (χ0) is 22.8. The zero-order valence-corrected chi connectivity index (χ0v) is 18.5. The van der Waals surface area contributed by atoms with Gasteiger partial charge >= 0.3 is 5.97 Å². The Morgan fingerprint density at radius 1 is 1.19 bits per heavy atom. The van der Waals surface area contributed by atoms with Crippen LogP contribution in [0.3, 0.4) is 0 Å². The third-order valence-corrected chi connectivity index (χ3v) is 6.10. The van der Waals surface area contributed by atoms with Crippen LogP contribution in [0.4, 0.5) is 4.53 Å². The number of ether oxygens (including phenoxy) is 3. The number of nitrogens with zero attached hydrogens (tertiary/aromatic N) is 1. The molecule has 2 aromatic rings. The SMILES string of the molecule is COCCCOc1cc2c(cc1OC)-c1cc(=O)c(C(=O)OF)cn1C(C)(C(C)C)C2. The molecule has 1 aromatic carbocycles. The number of halogens is 1. The van der Waals surface area contributed by atoms with E-state index in [4.69, 9.17) is 14.2 Å². The molecule has 0 saturated heterocycles. The second kappa shape index (κ2) is 9.09. The van der Waals surface area contributed by atoms with Crippen molar-refractivity contribution in [3.05, 3.63) is 45.7 Å². The average molecular weight is 433 g/mol. The molecule has 3 rings (SSSR count). The maximum atomic E-state index is 12.6. The number of methoxy groups -OCH3 is 2. The van der Waals surface area contributed by atoms with Crippen LogP contribution in [0.2, 0.25) is 0 Å². The van der Waals surface area contributed by atoms with Gasteiger partial charge in [0.25, 0.3) is 0 Å². The molecule has 7 nitrogen and oxygen atoms in total. The number of carbonyl (C=O) groups excluding carboxylic acids is 1. The highest BCUT2D eigenvalue weighted by Gasteiger charge is 2.38. The molecule has 1 aromatic heterocycles. The van der Waals surface area contributed by atoms with Gasteiger partial charge in [0.2, 0.25) is 0 Å². The summed E-state index contributed by atoms with van der Waals surface area (Å²) in [7, 11) is 3.20. The fourth-order valence-electron chi connectivity index (χ4n) is 3.96. The normalized spacial score (nSPS) is 17.1. The summed E-state index contributed by atoms with van der Waals surface area (Å²) in [6, 6.07) is 5.13. The molecule has 0 bridgehead atoms. The minimum Gasteiger partial charge on any atom is -0.493 e. The van der Waals surface area contributed by atoms with E-state index in [1.165, 1.54) is 12.3 Å². The van der Waals surface area contributed by atoms with Crippen LogP contribution in [0.25, 0.3) is 11.3 Å². The average Bonchev–Trinajstić information content (AvgIpc) is 2.75. The highest BCUT2D eigenvalue weighted by atomic mass is 19.3. The molecule has 0 N–H and O–H groups in total. The van der Waals surface area contributed by atoms with Gasteiger partial charge in [0, 0.05) is 48.0 Å². The first-order valence-corrected chi connectivity index (χ1v) is 10.2. The second-order valence-electron chi connectivity index (χ2n) is 8.21. The predicted molar refractivity (Wildman–Crippen MR) is 113 cm³/mol. The Morgan fingerprint density at radius 3 is 2.55 bits per heavy atom. The first kappa shape index (κ1) is 22.8. The minimum atomic E-state index is -1.30. The maximum absolute atomic E-state index is 12.6. The van der Waals surface area contributed by atoms with E-state index in [0.29, 0.717) is 36.8 Å². The monoisotopic (exact) mass is 433 g/mol. The van der Waals surface area contributed by atoms with Crippen molar-refractivity contribution in [1.82, 2.24) is 4.57 Å². The van der Waals surface area contributed by atoms with Crippen molar-refractivity contribution in [2.24, 2.45) is 5.92 Å². The lowest BCUT2D eigenvalue weighted by molar-refractivity contribution is -0.0790. The summed E-state index contributed by atoms with van der Waals surface area (Å²) in [5.74, 6) is 0.00589. The first-order chi connectivity index (χ1) is 14.8. The lowest BCUT2D eigenvalue weighted by Crippen LogP contribution is -2.42. The summed E-state index contributed by atoms with van der Waals surface area (Å²) >= 11 is 0. The van der Waals surface area contributed by atoms with Crippen LogP contribution in [0.5, 0.6) is 11.5 Å². The summed E-state index contributed by atoms with van der Waals surface area (Å²) < 4.78 is 30.9. The molecule has 2 heterocycles. The highest BCUT2D eigenvalue weighted by molar-refractivity contribution is 5.89. The van der Waals surface area contributed by atoms with E-state index in [1.54, 1.807) is 14.2 Å². The van der Waals surface area contributed by atoms with Crippen LogP contribution in [0.1, 0.15) is 43.1 Å². The number of benzene rings is 1. The number of fused-ring (bicyclic) bond motifs is 3. The Labute approximate surface area is 180 Å². The molecule has 0 fully saturated rings. The predicted octanol–water partition coefficient (Wildman–Crippen LogP) is 3.91. The minimum absolute atomic E-state index is 0.143. The van der Waals surface area contributed by atoms with E-state index in [-0.39, 0.29) is 11.5 Å². The van der Waals surface area contributed by atoms with Crippen molar-refractivity contribution < 1.29 is 28.5 Å². The third-order valence-electron chi connectivity index (χ3n) is 6.10. The molecule has 168 valence electrons. The van der Waals surface area contributed by atoms with Gasteiger partial charge in [0.05, 0.1) is 19.4 Å². The van der Waals surface area contributed by atoms with Gasteiger partial charge in [-0.2, -0.15) is 0 Å². The number of pyridine rings is 1. The fourth-order valence-corrected chi connectivity index (χ4v) is 3.96. The molecule has 0 spiro atoms. The van der Waals surface area contributed by atoms with Gasteiger partial charge in [0.15, 0.2) is 16.9 Å². The molecule has 0 radical (unpaired) electrons. The number of aromatic nitrogens is 1. The summed E-state index contributed by atoms with van der Waals surface area (Å²) in [6.45, 7) is 7.24.